The molecule has 1 heterocycles. The molecule has 0 bridgehead atoms. The number of thiocarbonyl (C=S) groups is 1. The van der Waals surface area contributed by atoms with E-state index >= 15 is 0 Å². The number of piperazine rings is 1. The van der Waals surface area contributed by atoms with Crippen LogP contribution in [0.25, 0.3) is 0 Å². The summed E-state index contributed by atoms with van der Waals surface area (Å²) in [7, 11) is 3.36. The average molecular weight is 415 g/mol. The third-order valence-electron chi connectivity index (χ3n) is 5.09. The summed E-state index contributed by atoms with van der Waals surface area (Å²) < 4.78 is 10.4. The van der Waals surface area contributed by atoms with Crippen molar-refractivity contribution in [2.75, 3.05) is 63.7 Å². The summed E-state index contributed by atoms with van der Waals surface area (Å²) in [6.07, 6.45) is 1.06. The number of nitrogens with one attached hydrogen (secondary N) is 2. The monoisotopic (exact) mass is 414 g/mol. The van der Waals surface area contributed by atoms with Gasteiger partial charge < -0.3 is 25.0 Å². The van der Waals surface area contributed by atoms with E-state index in [0.717, 1.165) is 62.9 Å². The first-order chi connectivity index (χ1) is 14.2. The first kappa shape index (κ1) is 21.2. The maximum absolute atomic E-state index is 5.37. The van der Waals surface area contributed by atoms with E-state index in [4.69, 9.17) is 21.7 Å². The van der Waals surface area contributed by atoms with E-state index in [-0.39, 0.29) is 0 Å². The molecule has 0 atom stereocenters. The largest absolute Gasteiger partial charge is 0.497 e. The van der Waals surface area contributed by atoms with Gasteiger partial charge in [0.1, 0.15) is 11.5 Å². The smallest absolute Gasteiger partial charge is 0.170 e. The van der Waals surface area contributed by atoms with Crippen LogP contribution in [0.4, 0.5) is 11.4 Å². The minimum atomic E-state index is 0.652. The van der Waals surface area contributed by atoms with Crippen LogP contribution in [0.2, 0.25) is 0 Å². The summed E-state index contributed by atoms with van der Waals surface area (Å²) in [4.78, 5) is 4.95. The fourth-order valence-corrected chi connectivity index (χ4v) is 3.60. The van der Waals surface area contributed by atoms with Crippen LogP contribution in [-0.2, 0) is 0 Å². The van der Waals surface area contributed by atoms with Crippen LogP contribution in [0.15, 0.2) is 48.5 Å². The van der Waals surface area contributed by atoms with Gasteiger partial charge in [0.15, 0.2) is 5.11 Å². The van der Waals surface area contributed by atoms with Gasteiger partial charge in [-0.3, -0.25) is 4.90 Å². The van der Waals surface area contributed by atoms with E-state index in [0.29, 0.717) is 5.11 Å². The Morgan fingerprint density at radius 1 is 0.897 bits per heavy atom. The van der Waals surface area contributed by atoms with Crippen molar-refractivity contribution >= 4 is 28.7 Å². The molecule has 0 aliphatic carbocycles. The Bertz CT molecular complexity index is 759. The fourth-order valence-electron chi connectivity index (χ4n) is 3.38. The lowest BCUT2D eigenvalue weighted by molar-refractivity contribution is 0.255. The first-order valence-corrected chi connectivity index (χ1v) is 10.4. The van der Waals surface area contributed by atoms with Gasteiger partial charge in [-0.15, -0.1) is 0 Å². The number of methoxy groups -OCH3 is 2. The molecule has 3 rings (SSSR count). The molecule has 156 valence electrons. The second-order valence-corrected chi connectivity index (χ2v) is 7.40. The molecule has 0 saturated carbocycles. The zero-order chi connectivity index (χ0) is 20.5. The van der Waals surface area contributed by atoms with Gasteiger partial charge in [-0.05, 0) is 73.7 Å². The quantitative estimate of drug-likeness (QED) is 0.508. The Balaban J connectivity index is 1.30. The Hall–Kier alpha value is -2.51. The molecule has 0 radical (unpaired) electrons. The van der Waals surface area contributed by atoms with Crippen LogP contribution >= 0.6 is 12.2 Å². The second kappa shape index (κ2) is 10.9. The molecule has 1 aliphatic rings. The van der Waals surface area contributed by atoms with Crippen LogP contribution in [0.5, 0.6) is 11.5 Å². The van der Waals surface area contributed by atoms with Gasteiger partial charge in [0.05, 0.1) is 14.2 Å². The molecule has 0 aromatic heterocycles. The first-order valence-electron chi connectivity index (χ1n) is 9.98. The lowest BCUT2D eigenvalue weighted by Crippen LogP contribution is -2.47. The Labute approximate surface area is 178 Å². The molecule has 0 amide bonds. The summed E-state index contributed by atoms with van der Waals surface area (Å²) in [6.45, 7) is 6.21. The molecule has 6 nitrogen and oxygen atoms in total. The number of benzene rings is 2. The molecule has 2 aromatic rings. The maximum atomic E-state index is 5.37. The van der Waals surface area contributed by atoms with E-state index in [1.165, 1.54) is 5.69 Å². The van der Waals surface area contributed by atoms with E-state index in [1.54, 1.807) is 14.2 Å². The standard InChI is InChI=1S/C22H30N4O2S/c1-27-20-8-4-18(5-9-20)24-22(29)23-12-3-13-25-14-16-26(17-15-25)19-6-10-21(28-2)11-7-19/h4-11H,3,12-17H2,1-2H3,(H2,23,24,29). The molecule has 0 unspecified atom stereocenters. The van der Waals surface area contributed by atoms with Gasteiger partial charge >= 0.3 is 0 Å². The third kappa shape index (κ3) is 6.51. The minimum Gasteiger partial charge on any atom is -0.497 e. The second-order valence-electron chi connectivity index (χ2n) is 6.99. The van der Waals surface area contributed by atoms with Crippen molar-refractivity contribution < 1.29 is 9.47 Å². The van der Waals surface area contributed by atoms with Crippen molar-refractivity contribution in [1.82, 2.24) is 10.2 Å². The highest BCUT2D eigenvalue weighted by Gasteiger charge is 2.16. The number of hydrogen-bond donors (Lipinski definition) is 2. The molecule has 7 heteroatoms. The predicted octanol–water partition coefficient (Wildman–Crippen LogP) is 3.20. The zero-order valence-electron chi connectivity index (χ0n) is 17.2. The van der Waals surface area contributed by atoms with Crippen molar-refractivity contribution in [3.8, 4) is 11.5 Å². The average Bonchev–Trinajstić information content (AvgIpc) is 2.78. The van der Waals surface area contributed by atoms with Crippen molar-refractivity contribution in [3.05, 3.63) is 48.5 Å². The number of anilines is 2. The highest BCUT2D eigenvalue weighted by Crippen LogP contribution is 2.20. The van der Waals surface area contributed by atoms with E-state index < -0.39 is 0 Å². The Morgan fingerprint density at radius 3 is 2.07 bits per heavy atom. The molecule has 1 aliphatic heterocycles. The van der Waals surface area contributed by atoms with Crippen molar-refractivity contribution in [2.24, 2.45) is 0 Å². The summed E-state index contributed by atoms with van der Waals surface area (Å²) in [5.41, 5.74) is 2.22. The topological polar surface area (TPSA) is 49.0 Å². The third-order valence-corrected chi connectivity index (χ3v) is 5.34. The van der Waals surface area contributed by atoms with Crippen molar-refractivity contribution in [2.45, 2.75) is 6.42 Å². The maximum Gasteiger partial charge on any atom is 0.170 e. The molecule has 29 heavy (non-hydrogen) atoms. The number of hydrogen-bond acceptors (Lipinski definition) is 5. The van der Waals surface area contributed by atoms with Gasteiger partial charge in [-0.25, -0.2) is 0 Å². The van der Waals surface area contributed by atoms with Gasteiger partial charge in [-0.2, -0.15) is 0 Å². The molecule has 2 N–H and O–H groups in total. The van der Waals surface area contributed by atoms with Crippen molar-refractivity contribution in [1.29, 1.82) is 0 Å². The van der Waals surface area contributed by atoms with E-state index in [1.807, 2.05) is 36.4 Å². The van der Waals surface area contributed by atoms with Crippen LogP contribution in [0.3, 0.4) is 0 Å². The molecule has 1 saturated heterocycles. The Kier molecular flexibility index (Phi) is 7.95. The normalized spacial score (nSPS) is 14.3. The number of rotatable bonds is 8. The molecular weight excluding hydrogens is 384 g/mol. The van der Waals surface area contributed by atoms with Gasteiger partial charge in [-0.1, -0.05) is 0 Å². The predicted molar refractivity (Wildman–Crippen MR) is 123 cm³/mol. The van der Waals surface area contributed by atoms with Crippen molar-refractivity contribution in [3.63, 3.8) is 0 Å². The molecule has 2 aromatic carbocycles. The summed E-state index contributed by atoms with van der Waals surface area (Å²) >= 11 is 5.37. The van der Waals surface area contributed by atoms with Gasteiger partial charge in [0.25, 0.3) is 0 Å². The minimum absolute atomic E-state index is 0.652. The van der Waals surface area contributed by atoms with Crippen LogP contribution in [0, 0.1) is 0 Å². The van der Waals surface area contributed by atoms with Crippen LogP contribution < -0.4 is 25.0 Å². The molecular formula is C22H30N4O2S. The zero-order valence-corrected chi connectivity index (χ0v) is 18.0. The van der Waals surface area contributed by atoms with E-state index in [2.05, 4.69) is 32.6 Å². The fraction of sp³-hybridized carbons (Fsp3) is 0.409. The molecule has 0 spiro atoms. The van der Waals surface area contributed by atoms with E-state index in [9.17, 15) is 0 Å². The number of nitrogens with zero attached hydrogens (tertiary/aromatic N) is 2. The van der Waals surface area contributed by atoms with Crippen LogP contribution in [-0.4, -0.2) is 63.5 Å². The van der Waals surface area contributed by atoms with Gasteiger partial charge in [0, 0.05) is 44.1 Å². The lowest BCUT2D eigenvalue weighted by atomic mass is 10.2. The highest BCUT2D eigenvalue weighted by atomic mass is 32.1. The SMILES string of the molecule is COc1ccc(NC(=S)NCCCN2CCN(c3ccc(OC)cc3)CC2)cc1. The lowest BCUT2D eigenvalue weighted by Gasteiger charge is -2.36. The summed E-state index contributed by atoms with van der Waals surface area (Å²) in [5.74, 6) is 1.74. The number of ether oxygens (including phenoxy) is 2. The van der Waals surface area contributed by atoms with Crippen LogP contribution in [0.1, 0.15) is 6.42 Å². The summed E-state index contributed by atoms with van der Waals surface area (Å²) in [6, 6.07) is 16.0. The van der Waals surface area contributed by atoms with Gasteiger partial charge in [0.2, 0.25) is 0 Å². The highest BCUT2D eigenvalue weighted by molar-refractivity contribution is 7.80. The summed E-state index contributed by atoms with van der Waals surface area (Å²) in [5, 5.41) is 7.14. The molecule has 1 fully saturated rings. The Morgan fingerprint density at radius 2 is 1.48 bits per heavy atom.